The minimum atomic E-state index is -3.39. The zero-order valence-corrected chi connectivity index (χ0v) is 13.0. The molecule has 19 heavy (non-hydrogen) atoms. The monoisotopic (exact) mass is 288 g/mol. The zero-order valence-electron chi connectivity index (χ0n) is 12.2. The number of nitrogens with two attached hydrogens (primary N) is 1. The van der Waals surface area contributed by atoms with Crippen LogP contribution in [0.2, 0.25) is 0 Å². The van der Waals surface area contributed by atoms with Crippen LogP contribution in [-0.4, -0.2) is 44.8 Å². The minimum Gasteiger partial charge on any atom is -0.383 e. The fraction of sp³-hybridized carbons (Fsp3) is 0.583. The van der Waals surface area contributed by atoms with Crippen LogP contribution in [0.3, 0.4) is 0 Å². The summed E-state index contributed by atoms with van der Waals surface area (Å²) in [6.07, 6.45) is 6.26. The van der Waals surface area contributed by atoms with E-state index in [1.165, 1.54) is 7.05 Å². The normalized spacial score (nSPS) is 14.4. The van der Waals surface area contributed by atoms with Crippen LogP contribution in [0.1, 0.15) is 20.8 Å². The largest absolute Gasteiger partial charge is 0.383 e. The number of hydrogen-bond donors (Lipinski definition) is 2. The molecule has 6 nitrogen and oxygen atoms in total. The summed E-state index contributed by atoms with van der Waals surface area (Å²) in [5.74, 6) is 0.122. The molecule has 7 heteroatoms. The first kappa shape index (κ1) is 17.7. The summed E-state index contributed by atoms with van der Waals surface area (Å²) in [7, 11) is -1.98. The lowest BCUT2D eigenvalue weighted by atomic mass is 10.3. The fourth-order valence-electron chi connectivity index (χ4n) is 1.08. The van der Waals surface area contributed by atoms with E-state index in [2.05, 4.69) is 10.3 Å². The third-order valence-electron chi connectivity index (χ3n) is 2.32. The Morgan fingerprint density at radius 3 is 2.47 bits per heavy atom. The molecule has 0 aromatic carbocycles. The van der Waals surface area contributed by atoms with Crippen LogP contribution < -0.4 is 11.1 Å². The van der Waals surface area contributed by atoms with E-state index in [1.54, 1.807) is 12.3 Å². The maximum Gasteiger partial charge on any atom is 0.233 e. The molecule has 0 amide bonds. The lowest BCUT2D eigenvalue weighted by molar-refractivity contribution is 0.520. The molecule has 0 bridgehead atoms. The van der Waals surface area contributed by atoms with Crippen molar-refractivity contribution < 1.29 is 8.42 Å². The molecule has 0 fully saturated rings. The van der Waals surface area contributed by atoms with E-state index in [1.807, 2.05) is 26.8 Å². The second-order valence-corrected chi connectivity index (χ2v) is 6.42. The predicted molar refractivity (Wildman–Crippen MR) is 80.3 cm³/mol. The first-order valence-electron chi connectivity index (χ1n) is 6.01. The summed E-state index contributed by atoms with van der Waals surface area (Å²) in [6.45, 7) is 6.25. The average Bonchev–Trinajstić information content (AvgIpc) is 2.30. The van der Waals surface area contributed by atoms with Crippen molar-refractivity contribution in [3.05, 3.63) is 23.7 Å². The van der Waals surface area contributed by atoms with Crippen LogP contribution in [0.5, 0.6) is 0 Å². The highest BCUT2D eigenvalue weighted by Gasteiger charge is 2.15. The molecule has 3 N–H and O–H groups in total. The fourth-order valence-corrected chi connectivity index (χ4v) is 1.55. The van der Waals surface area contributed by atoms with Gasteiger partial charge in [-0.25, -0.2) is 8.42 Å². The van der Waals surface area contributed by atoms with E-state index >= 15 is 0 Å². The van der Waals surface area contributed by atoms with Gasteiger partial charge in [0.1, 0.15) is 5.82 Å². The van der Waals surface area contributed by atoms with Gasteiger partial charge in [-0.1, -0.05) is 19.9 Å². The summed E-state index contributed by atoms with van der Waals surface area (Å²) in [5.41, 5.74) is 6.35. The molecule has 0 aromatic heterocycles. The Balaban J connectivity index is 5.28. The van der Waals surface area contributed by atoms with Gasteiger partial charge in [0.15, 0.2) is 0 Å². The summed E-state index contributed by atoms with van der Waals surface area (Å²) < 4.78 is 24.0. The van der Waals surface area contributed by atoms with E-state index in [4.69, 9.17) is 5.73 Å². The Morgan fingerprint density at radius 1 is 1.47 bits per heavy atom. The molecule has 0 spiro atoms. The third-order valence-corrected chi connectivity index (χ3v) is 3.51. The second kappa shape index (κ2) is 7.96. The van der Waals surface area contributed by atoms with Crippen molar-refractivity contribution in [3.8, 4) is 0 Å². The molecular weight excluding hydrogens is 264 g/mol. The highest BCUT2D eigenvalue weighted by molar-refractivity contribution is 7.88. The topological polar surface area (TPSA) is 87.8 Å². The Kier molecular flexibility index (Phi) is 7.40. The van der Waals surface area contributed by atoms with Gasteiger partial charge in [0, 0.05) is 25.8 Å². The molecule has 0 unspecified atom stereocenters. The van der Waals surface area contributed by atoms with Gasteiger partial charge < -0.3 is 11.1 Å². The first-order chi connectivity index (χ1) is 8.70. The molecule has 0 aromatic rings. The Morgan fingerprint density at radius 2 is 2.05 bits per heavy atom. The highest BCUT2D eigenvalue weighted by atomic mass is 32.2. The van der Waals surface area contributed by atoms with Crippen molar-refractivity contribution in [2.24, 2.45) is 10.7 Å². The molecule has 0 aliphatic carbocycles. The molecule has 0 aliphatic heterocycles. The summed E-state index contributed by atoms with van der Waals surface area (Å²) >= 11 is 0. The van der Waals surface area contributed by atoms with Crippen molar-refractivity contribution >= 4 is 16.2 Å². The van der Waals surface area contributed by atoms with Crippen molar-refractivity contribution in [1.82, 2.24) is 9.62 Å². The molecule has 110 valence electrons. The summed E-state index contributed by atoms with van der Waals surface area (Å²) in [5, 5.41) is 3.16. The maximum absolute atomic E-state index is 11.5. The summed E-state index contributed by atoms with van der Waals surface area (Å²) in [6, 6.07) is 0.253. The standard InChI is InChI=1S/C12H24N4O2S/c1-6-7-8-14-11(9-15-10(2)3)12(13)16(4)19(5,17)18/h6-8,10,15H,9,13H2,1-5H3/b7-6-,12-11+,14-8-. The first-order valence-corrected chi connectivity index (χ1v) is 7.86. The van der Waals surface area contributed by atoms with E-state index in [-0.39, 0.29) is 11.9 Å². The Bertz CT molecular complexity index is 464. The molecule has 0 radical (unpaired) electrons. The van der Waals surface area contributed by atoms with Crippen LogP contribution in [0.25, 0.3) is 0 Å². The Hall–Kier alpha value is -1.34. The number of aliphatic imine (C=N–C) groups is 1. The Labute approximate surface area is 116 Å². The molecule has 0 saturated heterocycles. The number of allylic oxidation sites excluding steroid dienone is 2. The van der Waals surface area contributed by atoms with Gasteiger partial charge >= 0.3 is 0 Å². The van der Waals surface area contributed by atoms with Crippen LogP contribution >= 0.6 is 0 Å². The molecule has 0 rings (SSSR count). The molecular formula is C12H24N4O2S. The number of rotatable bonds is 7. The van der Waals surface area contributed by atoms with Crippen molar-refractivity contribution in [1.29, 1.82) is 0 Å². The smallest absolute Gasteiger partial charge is 0.233 e. The lowest BCUT2D eigenvalue weighted by Gasteiger charge is -2.19. The van der Waals surface area contributed by atoms with Crippen LogP contribution in [0.15, 0.2) is 28.7 Å². The van der Waals surface area contributed by atoms with Gasteiger partial charge in [0.2, 0.25) is 10.0 Å². The third kappa shape index (κ3) is 6.97. The number of sulfonamides is 1. The molecule has 0 saturated carbocycles. The van der Waals surface area contributed by atoms with Gasteiger partial charge in [-0.3, -0.25) is 9.30 Å². The van der Waals surface area contributed by atoms with Gasteiger partial charge in [-0.15, -0.1) is 0 Å². The SMILES string of the molecule is C\C=C/C=N\C(CNC(C)C)=C(/N)N(C)S(C)(=O)=O. The van der Waals surface area contributed by atoms with Gasteiger partial charge in [-0.2, -0.15) is 0 Å². The zero-order chi connectivity index (χ0) is 15.1. The van der Waals surface area contributed by atoms with E-state index in [9.17, 15) is 8.42 Å². The van der Waals surface area contributed by atoms with Crippen LogP contribution in [0.4, 0.5) is 0 Å². The van der Waals surface area contributed by atoms with Gasteiger partial charge in [0.05, 0.1) is 12.0 Å². The van der Waals surface area contributed by atoms with Crippen LogP contribution in [0, 0.1) is 0 Å². The number of nitrogens with zero attached hydrogens (tertiary/aromatic N) is 2. The molecule has 0 heterocycles. The van der Waals surface area contributed by atoms with Crippen molar-refractivity contribution in [2.45, 2.75) is 26.8 Å². The highest BCUT2D eigenvalue weighted by Crippen LogP contribution is 2.08. The van der Waals surface area contributed by atoms with Gasteiger partial charge in [-0.05, 0) is 13.0 Å². The van der Waals surface area contributed by atoms with Crippen molar-refractivity contribution in [3.63, 3.8) is 0 Å². The van der Waals surface area contributed by atoms with E-state index in [0.717, 1.165) is 10.6 Å². The average molecular weight is 288 g/mol. The number of hydrogen-bond acceptors (Lipinski definition) is 5. The molecule has 0 atom stereocenters. The van der Waals surface area contributed by atoms with E-state index < -0.39 is 10.0 Å². The second-order valence-electron chi connectivity index (χ2n) is 4.40. The quantitative estimate of drug-likeness (QED) is 0.673. The predicted octanol–water partition coefficient (Wildman–Crippen LogP) is 0.651. The summed E-state index contributed by atoms with van der Waals surface area (Å²) in [4.78, 5) is 4.19. The molecule has 0 aliphatic rings. The minimum absolute atomic E-state index is 0.122. The van der Waals surface area contributed by atoms with Crippen molar-refractivity contribution in [2.75, 3.05) is 19.8 Å². The van der Waals surface area contributed by atoms with E-state index in [0.29, 0.717) is 12.2 Å². The van der Waals surface area contributed by atoms with Gasteiger partial charge in [0.25, 0.3) is 0 Å². The maximum atomic E-state index is 11.5. The van der Waals surface area contributed by atoms with Crippen LogP contribution in [-0.2, 0) is 10.0 Å². The lowest BCUT2D eigenvalue weighted by Crippen LogP contribution is -2.33. The number of nitrogens with one attached hydrogen (secondary N) is 1.